The zero-order chi connectivity index (χ0) is 59.7. The van der Waals surface area contributed by atoms with Gasteiger partial charge in [-0.3, -0.25) is 23.4 Å². The van der Waals surface area contributed by atoms with E-state index in [-0.39, 0.29) is 59.0 Å². The third kappa shape index (κ3) is 40.3. The van der Waals surface area contributed by atoms with Gasteiger partial charge in [0.15, 0.2) is 11.2 Å². The molecule has 476 valence electrons. The zero-order valence-electron chi connectivity index (χ0n) is 50.0. The quantitative estimate of drug-likeness (QED) is 0.0130. The summed E-state index contributed by atoms with van der Waals surface area (Å²) in [6.45, 7) is 3.21. The molecule has 1 unspecified atom stereocenters. The summed E-state index contributed by atoms with van der Waals surface area (Å²) in [4.78, 5) is 48.3. The van der Waals surface area contributed by atoms with E-state index in [1.54, 1.807) is 24.3 Å². The molecule has 0 radical (unpaired) electrons. The number of hydrogen-bond acceptors (Lipinski definition) is 17. The maximum absolute atomic E-state index is 12.9. The van der Waals surface area contributed by atoms with Crippen LogP contribution in [-0.4, -0.2) is 151 Å². The molecule has 2 rings (SSSR count). The Morgan fingerprint density at radius 3 is 1.57 bits per heavy atom. The van der Waals surface area contributed by atoms with E-state index in [9.17, 15) is 44.3 Å². The second kappa shape index (κ2) is 50.1. The summed E-state index contributed by atoms with van der Waals surface area (Å²) in [5, 5.41) is 48.4. The summed E-state index contributed by atoms with van der Waals surface area (Å²) < 4.78 is 55.9. The number of anilines is 1. The monoisotopic (exact) mass is 1210 g/mol. The lowest BCUT2D eigenvalue weighted by Gasteiger charge is -2.39. The molecule has 1 fully saturated rings. The number of phosphoric ester groups is 1. The van der Waals surface area contributed by atoms with Crippen molar-refractivity contribution in [2.24, 2.45) is 0 Å². The first-order valence-corrected chi connectivity index (χ1v) is 33.2. The van der Waals surface area contributed by atoms with Crippen LogP contribution < -0.4 is 20.7 Å². The normalized spacial score (nSPS) is 18.1. The van der Waals surface area contributed by atoms with Gasteiger partial charge in [-0.2, -0.15) is 0 Å². The number of amides is 1. The van der Waals surface area contributed by atoms with Gasteiger partial charge in [-0.05, 0) is 49.3 Å². The van der Waals surface area contributed by atoms with E-state index in [0.717, 1.165) is 38.5 Å². The van der Waals surface area contributed by atoms with Gasteiger partial charge in [0.25, 0.3) is 0 Å². The summed E-state index contributed by atoms with van der Waals surface area (Å²) in [6, 6.07) is 6.48. The molecular formula is C60H108N3O17PS. The molecule has 1 saturated heterocycles. The summed E-state index contributed by atoms with van der Waals surface area (Å²) in [6.07, 6.45) is 28.5. The van der Waals surface area contributed by atoms with Gasteiger partial charge < -0.3 is 69.7 Å². The first-order valence-electron chi connectivity index (χ1n) is 31.3. The Morgan fingerprint density at radius 2 is 1.06 bits per heavy atom. The molecule has 22 heteroatoms. The Labute approximate surface area is 496 Å². The Bertz CT molecular complexity index is 1810. The number of ether oxygens (including phenoxy) is 6. The van der Waals surface area contributed by atoms with Crippen LogP contribution in [0.1, 0.15) is 219 Å². The highest BCUT2D eigenvalue weighted by Gasteiger charge is 2.44. The molecule has 0 saturated carbocycles. The molecule has 0 spiro atoms. The molecule has 0 bridgehead atoms. The fourth-order valence-corrected chi connectivity index (χ4v) is 10.2. The predicted octanol–water partition coefficient (Wildman–Crippen LogP) is 10.4. The van der Waals surface area contributed by atoms with E-state index in [1.807, 2.05) is 0 Å². The highest BCUT2D eigenvalue weighted by Crippen LogP contribution is 2.43. The van der Waals surface area contributed by atoms with Crippen molar-refractivity contribution in [2.75, 3.05) is 71.3 Å². The van der Waals surface area contributed by atoms with Gasteiger partial charge >= 0.3 is 19.8 Å². The molecule has 1 aromatic carbocycles. The number of esters is 2. The van der Waals surface area contributed by atoms with Crippen LogP contribution in [0.2, 0.25) is 0 Å². The lowest BCUT2D eigenvalue weighted by atomic mass is 9.99. The smallest absolute Gasteiger partial charge is 0.462 e. The Kier molecular flexibility index (Phi) is 45.9. The van der Waals surface area contributed by atoms with E-state index in [0.29, 0.717) is 35.9 Å². The fourth-order valence-electron chi connectivity index (χ4n) is 9.23. The maximum Gasteiger partial charge on any atom is 0.472 e. The second-order valence-electron chi connectivity index (χ2n) is 21.5. The average molecular weight is 1210 g/mol. The molecule has 0 aliphatic carbocycles. The Hall–Kier alpha value is -3.05. The highest BCUT2D eigenvalue weighted by molar-refractivity contribution is 7.80. The van der Waals surface area contributed by atoms with Gasteiger partial charge in [-0.1, -0.05) is 194 Å². The highest BCUT2D eigenvalue weighted by atomic mass is 32.1. The van der Waals surface area contributed by atoms with Crippen molar-refractivity contribution in [1.29, 1.82) is 0 Å². The topological polar surface area (TPSA) is 279 Å². The molecule has 1 aromatic rings. The molecule has 20 nitrogen and oxygen atoms in total. The van der Waals surface area contributed by atoms with Crippen molar-refractivity contribution in [3.8, 4) is 5.75 Å². The number of rotatable bonds is 54. The lowest BCUT2D eigenvalue weighted by Crippen LogP contribution is -2.60. The molecule has 8 N–H and O–H groups in total. The van der Waals surface area contributed by atoms with Gasteiger partial charge in [-0.15, -0.1) is 0 Å². The minimum atomic E-state index is -4.66. The van der Waals surface area contributed by atoms with E-state index in [4.69, 9.17) is 49.7 Å². The Balaban J connectivity index is 1.62. The zero-order valence-corrected chi connectivity index (χ0v) is 51.7. The summed E-state index contributed by atoms with van der Waals surface area (Å²) >= 11 is 5.33. The van der Waals surface area contributed by atoms with Crippen LogP contribution in [0, 0.1) is 0 Å². The van der Waals surface area contributed by atoms with Gasteiger partial charge in [-0.25, -0.2) is 4.57 Å². The molecular weight excluding hydrogens is 1100 g/mol. The van der Waals surface area contributed by atoms with Crippen molar-refractivity contribution < 1.29 is 81.7 Å². The third-order valence-electron chi connectivity index (χ3n) is 14.1. The number of nitrogens with one attached hydrogen (secondary N) is 3. The second-order valence-corrected chi connectivity index (χ2v) is 23.4. The van der Waals surface area contributed by atoms with Crippen LogP contribution in [0.5, 0.6) is 5.75 Å². The number of unbranched alkanes of at least 4 members (excludes halogenated alkanes) is 28. The SMILES string of the molecule is CCCCCCCCCCCCCCCCCC(=O)OC[C@H](COP(=O)(O)OCCNC(=O)COCCOCCNC(=S)Nc1ccc(O[C@@H]2O[C@@H](CO)[C@H](O)[C@@H](O)[C@H]2O)cc1)OC(=O)CCCCCCCCCCCCCCCCC. The number of thiocarbonyl (C=S) groups is 1. The lowest BCUT2D eigenvalue weighted by molar-refractivity contribution is -0.277. The van der Waals surface area contributed by atoms with E-state index in [1.165, 1.54) is 141 Å². The predicted molar refractivity (Wildman–Crippen MR) is 321 cm³/mol. The van der Waals surface area contributed by atoms with Crippen molar-refractivity contribution >= 4 is 48.7 Å². The van der Waals surface area contributed by atoms with Gasteiger partial charge in [0, 0.05) is 31.6 Å². The minimum absolute atomic E-state index is 0.115. The summed E-state index contributed by atoms with van der Waals surface area (Å²) in [7, 11) is -4.66. The fraction of sp³-hybridized carbons (Fsp3) is 0.833. The Morgan fingerprint density at radius 1 is 0.585 bits per heavy atom. The number of benzene rings is 1. The number of aliphatic hydroxyl groups is 4. The molecule has 0 aromatic heterocycles. The van der Waals surface area contributed by atoms with Gasteiger partial charge in [0.2, 0.25) is 12.2 Å². The number of carbonyl (C=O) groups is 3. The first kappa shape index (κ1) is 75.0. The van der Waals surface area contributed by atoms with E-state index in [2.05, 4.69) is 29.8 Å². The maximum atomic E-state index is 12.9. The van der Waals surface area contributed by atoms with Crippen LogP contribution >= 0.6 is 20.0 Å². The standard InChI is InChI=1S/C60H108N3O17PS/c1-3-5-7-9-11-13-15-17-19-21-23-25-27-29-31-33-54(66)75-46-51(78-55(67)34-32-30-28-26-24-22-20-18-16-14-12-10-8-6-4-2)47-77-81(71,72)76-42-40-61-53(65)48-74-44-43-73-41-39-62-60(82)63-49-35-37-50(38-36-49)79-59-58(70)57(69)56(68)52(45-64)80-59/h35-38,51-52,56-59,64,68-70H,3-34,39-48H2,1-2H3,(H,61,65)(H,71,72)(H2,62,63,82)/t51-,52+,56+,57-,58-,59-/m1/s1. The number of hydrogen-bond donors (Lipinski definition) is 8. The minimum Gasteiger partial charge on any atom is -0.462 e. The molecule has 1 amide bonds. The number of carbonyl (C=O) groups excluding carboxylic acids is 3. The summed E-state index contributed by atoms with van der Waals surface area (Å²) in [5.41, 5.74) is 0.621. The van der Waals surface area contributed by atoms with Crippen LogP contribution in [-0.2, 0) is 51.7 Å². The first-order chi connectivity index (χ1) is 39.8. The largest absolute Gasteiger partial charge is 0.472 e. The van der Waals surface area contributed by atoms with Crippen LogP contribution in [0.15, 0.2) is 24.3 Å². The van der Waals surface area contributed by atoms with Crippen LogP contribution in [0.4, 0.5) is 5.69 Å². The molecule has 82 heavy (non-hydrogen) atoms. The van der Waals surface area contributed by atoms with Crippen molar-refractivity contribution in [2.45, 2.75) is 256 Å². The van der Waals surface area contributed by atoms with Crippen molar-refractivity contribution in [1.82, 2.24) is 10.6 Å². The number of phosphoric acid groups is 1. The third-order valence-corrected chi connectivity index (χ3v) is 15.4. The number of aliphatic hydroxyl groups excluding tert-OH is 4. The van der Waals surface area contributed by atoms with Crippen LogP contribution in [0.25, 0.3) is 0 Å². The van der Waals surface area contributed by atoms with Crippen molar-refractivity contribution in [3.05, 3.63) is 24.3 Å². The van der Waals surface area contributed by atoms with Gasteiger partial charge in [0.05, 0.1) is 39.6 Å². The van der Waals surface area contributed by atoms with Crippen molar-refractivity contribution in [3.63, 3.8) is 0 Å². The average Bonchev–Trinajstić information content (AvgIpc) is 3.57. The molecule has 1 heterocycles. The van der Waals surface area contributed by atoms with Gasteiger partial charge in [0.1, 0.15) is 43.4 Å². The summed E-state index contributed by atoms with van der Waals surface area (Å²) in [5.74, 6) is -1.13. The van der Waals surface area contributed by atoms with E-state index >= 15 is 0 Å². The molecule has 1 aliphatic heterocycles. The van der Waals surface area contributed by atoms with E-state index < -0.39 is 75.7 Å². The molecule has 1 aliphatic rings. The van der Waals surface area contributed by atoms with Crippen LogP contribution in [0.3, 0.4) is 0 Å². The molecule has 7 atom stereocenters.